The van der Waals surface area contributed by atoms with Crippen LogP contribution in [0.25, 0.3) is 0 Å². The molecule has 9 heteroatoms. The lowest BCUT2D eigenvalue weighted by molar-refractivity contribution is -0.151. The van der Waals surface area contributed by atoms with Gasteiger partial charge in [-0.2, -0.15) is 0 Å². The Morgan fingerprint density at radius 2 is 1.80 bits per heavy atom. The Morgan fingerprint density at radius 3 is 2.40 bits per heavy atom. The number of aromatic nitrogens is 1. The van der Waals surface area contributed by atoms with Crippen molar-refractivity contribution < 1.29 is 23.5 Å². The highest BCUT2D eigenvalue weighted by atomic mass is 32.2. The van der Waals surface area contributed by atoms with Gasteiger partial charge in [-0.15, -0.1) is 11.3 Å². The van der Waals surface area contributed by atoms with Gasteiger partial charge in [0, 0.05) is 10.8 Å². The topological polar surface area (TPSA) is 68.4 Å². The molecule has 1 aliphatic rings. The standard InChI is InChI=1S/C16H14FNO4S3/c1-21-14(19)10-9(7-3-5-8(17)6-4-7)11-13(18-16(23)25-11)24-12(10)15(20)22-2/h3-6,9-10,12H,1-2H3,(H,18,23). The number of carbonyl (C=O) groups is 2. The second-order valence-corrected chi connectivity index (χ2v) is 8.22. The van der Waals surface area contributed by atoms with Crippen LogP contribution in [0.4, 0.5) is 4.39 Å². The van der Waals surface area contributed by atoms with Gasteiger partial charge in [0.25, 0.3) is 0 Å². The zero-order valence-electron chi connectivity index (χ0n) is 13.3. The fourth-order valence-electron chi connectivity index (χ4n) is 2.89. The first kappa shape index (κ1) is 18.1. The Bertz CT molecular complexity index is 861. The van der Waals surface area contributed by atoms with Crippen molar-refractivity contribution in [2.24, 2.45) is 5.92 Å². The molecule has 0 radical (unpaired) electrons. The van der Waals surface area contributed by atoms with Crippen LogP contribution in [-0.2, 0) is 19.1 Å². The lowest BCUT2D eigenvalue weighted by atomic mass is 9.82. The van der Waals surface area contributed by atoms with Gasteiger partial charge in [0.1, 0.15) is 11.1 Å². The summed E-state index contributed by atoms with van der Waals surface area (Å²) in [6.45, 7) is 0. The van der Waals surface area contributed by atoms with Gasteiger partial charge in [-0.1, -0.05) is 23.9 Å². The van der Waals surface area contributed by atoms with Crippen LogP contribution in [0.15, 0.2) is 29.3 Å². The molecule has 0 saturated heterocycles. The number of carbonyl (C=O) groups excluding carboxylic acids is 2. The second-order valence-electron chi connectivity index (χ2n) is 5.35. The summed E-state index contributed by atoms with van der Waals surface area (Å²) in [6, 6.07) is 5.86. The SMILES string of the molecule is COC(=O)C1Sc2[nH]c(=S)sc2C(c2ccc(F)cc2)C1C(=O)OC. The minimum atomic E-state index is -0.804. The number of thiazole rings is 1. The number of hydrogen-bond donors (Lipinski definition) is 1. The van der Waals surface area contributed by atoms with E-state index in [9.17, 15) is 14.0 Å². The largest absolute Gasteiger partial charge is 0.469 e. The zero-order valence-corrected chi connectivity index (χ0v) is 15.7. The van der Waals surface area contributed by atoms with Crippen LogP contribution in [0.2, 0.25) is 0 Å². The molecule has 1 N–H and O–H groups in total. The van der Waals surface area contributed by atoms with E-state index in [2.05, 4.69) is 4.98 Å². The fraction of sp³-hybridized carbons (Fsp3) is 0.312. The summed E-state index contributed by atoms with van der Waals surface area (Å²) < 4.78 is 23.7. The van der Waals surface area contributed by atoms with Crippen molar-refractivity contribution in [2.45, 2.75) is 16.2 Å². The Kier molecular flexibility index (Phi) is 5.26. The van der Waals surface area contributed by atoms with Gasteiger partial charge in [0.2, 0.25) is 0 Å². The monoisotopic (exact) mass is 399 g/mol. The molecule has 1 aromatic carbocycles. The van der Waals surface area contributed by atoms with E-state index in [-0.39, 0.29) is 5.82 Å². The molecule has 0 spiro atoms. The van der Waals surface area contributed by atoms with Gasteiger partial charge in [0.15, 0.2) is 3.95 Å². The molecule has 2 heterocycles. The molecule has 132 valence electrons. The summed E-state index contributed by atoms with van der Waals surface area (Å²) in [5, 5.41) is -0.0693. The minimum Gasteiger partial charge on any atom is -0.469 e. The van der Waals surface area contributed by atoms with Crippen molar-refractivity contribution in [1.82, 2.24) is 4.98 Å². The fourth-order valence-corrected chi connectivity index (χ4v) is 5.83. The molecule has 0 saturated carbocycles. The van der Waals surface area contributed by atoms with Crippen molar-refractivity contribution in [2.75, 3.05) is 14.2 Å². The highest BCUT2D eigenvalue weighted by molar-refractivity contribution is 8.00. The number of rotatable bonds is 3. The highest BCUT2D eigenvalue weighted by Gasteiger charge is 2.48. The van der Waals surface area contributed by atoms with Crippen molar-refractivity contribution >= 4 is 47.3 Å². The number of methoxy groups -OCH3 is 2. The van der Waals surface area contributed by atoms with Gasteiger partial charge >= 0.3 is 11.9 Å². The number of halogens is 1. The zero-order chi connectivity index (χ0) is 18.1. The Morgan fingerprint density at radius 1 is 1.16 bits per heavy atom. The van der Waals surface area contributed by atoms with Crippen molar-refractivity contribution in [3.8, 4) is 0 Å². The second kappa shape index (κ2) is 7.27. The molecule has 1 aromatic heterocycles. The van der Waals surface area contributed by atoms with Crippen LogP contribution in [0.1, 0.15) is 16.4 Å². The smallest absolute Gasteiger partial charge is 0.320 e. The molecule has 0 fully saturated rings. The molecule has 0 amide bonds. The normalized spacial score (nSPS) is 22.1. The van der Waals surface area contributed by atoms with E-state index in [1.165, 1.54) is 49.5 Å². The summed E-state index contributed by atoms with van der Waals surface area (Å²) in [7, 11) is 2.55. The maximum atomic E-state index is 13.3. The van der Waals surface area contributed by atoms with Gasteiger partial charge in [-0.3, -0.25) is 9.59 Å². The first-order valence-electron chi connectivity index (χ1n) is 7.27. The van der Waals surface area contributed by atoms with E-state index >= 15 is 0 Å². The molecule has 1 aliphatic heterocycles. The Hall–Kier alpha value is -1.71. The summed E-state index contributed by atoms with van der Waals surface area (Å²) in [4.78, 5) is 28.7. The third-order valence-corrected chi connectivity index (χ3v) is 6.73. The van der Waals surface area contributed by atoms with Crippen LogP contribution in [0.3, 0.4) is 0 Å². The maximum Gasteiger partial charge on any atom is 0.320 e. The molecule has 5 nitrogen and oxygen atoms in total. The summed E-state index contributed by atoms with van der Waals surface area (Å²) in [5.41, 5.74) is 0.706. The number of ether oxygens (including phenoxy) is 2. The number of hydrogen-bond acceptors (Lipinski definition) is 7. The molecule has 3 rings (SSSR count). The summed E-state index contributed by atoms with van der Waals surface area (Å²) >= 11 is 7.76. The molecule has 0 aliphatic carbocycles. The van der Waals surface area contributed by atoms with Crippen LogP contribution < -0.4 is 0 Å². The van der Waals surface area contributed by atoms with Gasteiger partial charge < -0.3 is 14.5 Å². The molecule has 0 bridgehead atoms. The number of aromatic amines is 1. The summed E-state index contributed by atoms with van der Waals surface area (Å²) in [6.07, 6.45) is 0. The molecule has 25 heavy (non-hydrogen) atoms. The predicted octanol–water partition coefficient (Wildman–Crippen LogP) is 3.51. The molecular weight excluding hydrogens is 385 g/mol. The molecular formula is C16H14FNO4S3. The van der Waals surface area contributed by atoms with E-state index in [0.717, 1.165) is 9.90 Å². The van der Waals surface area contributed by atoms with Gasteiger partial charge in [-0.05, 0) is 29.9 Å². The average Bonchev–Trinajstić information content (AvgIpc) is 2.99. The van der Waals surface area contributed by atoms with Crippen LogP contribution >= 0.6 is 35.3 Å². The Labute approximate surface area is 156 Å². The van der Waals surface area contributed by atoms with Gasteiger partial charge in [-0.25, -0.2) is 4.39 Å². The number of esters is 2. The number of fused-ring (bicyclic) bond motifs is 1. The first-order chi connectivity index (χ1) is 12.0. The van der Waals surface area contributed by atoms with E-state index in [1.807, 2.05) is 0 Å². The van der Waals surface area contributed by atoms with Crippen LogP contribution in [0, 0.1) is 15.7 Å². The molecule has 3 atom stereocenters. The van der Waals surface area contributed by atoms with E-state index in [4.69, 9.17) is 21.7 Å². The number of benzene rings is 1. The highest BCUT2D eigenvalue weighted by Crippen LogP contribution is 2.50. The van der Waals surface area contributed by atoms with Crippen LogP contribution in [-0.4, -0.2) is 36.4 Å². The van der Waals surface area contributed by atoms with Crippen molar-refractivity contribution in [1.29, 1.82) is 0 Å². The van der Waals surface area contributed by atoms with Gasteiger partial charge in [0.05, 0.1) is 25.2 Å². The van der Waals surface area contributed by atoms with E-state index in [1.54, 1.807) is 12.1 Å². The average molecular weight is 399 g/mol. The summed E-state index contributed by atoms with van der Waals surface area (Å²) in [5.74, 6) is -2.71. The number of thioether (sulfide) groups is 1. The molecule has 3 unspecified atom stereocenters. The van der Waals surface area contributed by atoms with Crippen molar-refractivity contribution in [3.63, 3.8) is 0 Å². The lowest BCUT2D eigenvalue weighted by Gasteiger charge is -2.34. The van der Waals surface area contributed by atoms with Crippen molar-refractivity contribution in [3.05, 3.63) is 44.5 Å². The van der Waals surface area contributed by atoms with E-state index < -0.39 is 29.0 Å². The minimum absolute atomic E-state index is 0.380. The number of H-pyrrole nitrogens is 1. The Balaban J connectivity index is 2.20. The van der Waals surface area contributed by atoms with Crippen LogP contribution in [0.5, 0.6) is 0 Å². The lowest BCUT2D eigenvalue weighted by Crippen LogP contribution is -2.40. The third-order valence-electron chi connectivity index (χ3n) is 3.99. The quantitative estimate of drug-likeness (QED) is 0.629. The predicted molar refractivity (Wildman–Crippen MR) is 94.9 cm³/mol. The van der Waals surface area contributed by atoms with E-state index in [0.29, 0.717) is 9.52 Å². The maximum absolute atomic E-state index is 13.3. The first-order valence-corrected chi connectivity index (χ1v) is 9.37. The third kappa shape index (κ3) is 3.36. The number of nitrogens with one attached hydrogen (secondary N) is 1. The molecule has 2 aromatic rings.